The van der Waals surface area contributed by atoms with Crippen LogP contribution in [0.3, 0.4) is 0 Å². The maximum absolute atomic E-state index is 12.3. The third-order valence-electron chi connectivity index (χ3n) is 3.14. The Morgan fingerprint density at radius 2 is 2.15 bits per heavy atom. The molecule has 0 radical (unpaired) electrons. The number of benzene rings is 1. The van der Waals surface area contributed by atoms with Gasteiger partial charge in [0.2, 0.25) is 0 Å². The highest BCUT2D eigenvalue weighted by Crippen LogP contribution is 2.37. The van der Waals surface area contributed by atoms with E-state index in [1.807, 2.05) is 39.8 Å². The van der Waals surface area contributed by atoms with Crippen molar-refractivity contribution in [2.24, 2.45) is 4.99 Å². The molecule has 1 aromatic rings. The summed E-state index contributed by atoms with van der Waals surface area (Å²) < 4.78 is 5.45. The number of anilines is 1. The van der Waals surface area contributed by atoms with Crippen LogP contribution in [0.25, 0.3) is 0 Å². The Morgan fingerprint density at radius 3 is 2.75 bits per heavy atom. The van der Waals surface area contributed by atoms with Crippen LogP contribution in [-0.4, -0.2) is 23.4 Å². The van der Waals surface area contributed by atoms with E-state index >= 15 is 0 Å². The second-order valence-electron chi connectivity index (χ2n) is 5.80. The zero-order valence-corrected chi connectivity index (χ0v) is 13.0. The normalized spacial score (nSPS) is 13.7. The third-order valence-corrected chi connectivity index (χ3v) is 3.23. The number of hydrogen-bond acceptors (Lipinski definition) is 4. The van der Waals surface area contributed by atoms with Crippen LogP contribution in [0.2, 0.25) is 0 Å². The van der Waals surface area contributed by atoms with Crippen molar-refractivity contribution >= 4 is 34.8 Å². The van der Waals surface area contributed by atoms with E-state index in [4.69, 9.17) is 4.74 Å². The molecule has 0 spiro atoms. The van der Waals surface area contributed by atoms with E-state index in [0.717, 1.165) is 28.9 Å². The molecule has 0 bridgehead atoms. The highest BCUT2D eigenvalue weighted by atomic mass is 32.1. The topological polar surface area (TPSA) is 41.9 Å². The highest BCUT2D eigenvalue weighted by Gasteiger charge is 2.30. The molecule has 0 unspecified atom stereocenters. The van der Waals surface area contributed by atoms with Crippen molar-refractivity contribution in [3.05, 3.63) is 23.3 Å². The van der Waals surface area contributed by atoms with E-state index < -0.39 is 5.60 Å². The molecule has 1 aromatic carbocycles. The molecule has 2 rings (SSSR count). The molecule has 0 N–H and O–H groups in total. The Balaban J connectivity index is 2.38. The summed E-state index contributed by atoms with van der Waals surface area (Å²) in [4.78, 5) is 18.0. The van der Waals surface area contributed by atoms with Gasteiger partial charge in [0, 0.05) is 6.54 Å². The summed E-state index contributed by atoms with van der Waals surface area (Å²) in [5, 5.41) is 2.37. The zero-order chi connectivity index (χ0) is 14.9. The number of nitrogens with zero attached hydrogens (tertiary/aromatic N) is 2. The Bertz CT molecular complexity index is 599. The number of aliphatic imine (C=N–C) groups is 1. The van der Waals surface area contributed by atoms with Crippen LogP contribution in [-0.2, 0) is 11.2 Å². The quantitative estimate of drug-likeness (QED) is 0.579. The number of ether oxygens (including phenoxy) is 1. The number of amides is 1. The summed E-state index contributed by atoms with van der Waals surface area (Å²) >= 11 is 4.65. The van der Waals surface area contributed by atoms with Crippen LogP contribution in [0.4, 0.5) is 16.2 Å². The fraction of sp³-hybridized carbons (Fsp3) is 0.467. The summed E-state index contributed by atoms with van der Waals surface area (Å²) in [6.07, 6.45) is 0.514. The molecule has 0 aliphatic carbocycles. The molecule has 106 valence electrons. The van der Waals surface area contributed by atoms with Crippen molar-refractivity contribution in [2.75, 3.05) is 11.4 Å². The molecule has 20 heavy (non-hydrogen) atoms. The largest absolute Gasteiger partial charge is 0.443 e. The van der Waals surface area contributed by atoms with Crippen LogP contribution in [0.5, 0.6) is 0 Å². The second kappa shape index (κ2) is 5.35. The molecule has 0 fully saturated rings. The van der Waals surface area contributed by atoms with Gasteiger partial charge in [0.05, 0.1) is 16.5 Å². The summed E-state index contributed by atoms with van der Waals surface area (Å²) in [7, 11) is 0. The molecule has 1 aliphatic heterocycles. The minimum absolute atomic E-state index is 0.317. The van der Waals surface area contributed by atoms with Gasteiger partial charge in [-0.25, -0.2) is 4.79 Å². The monoisotopic (exact) mass is 290 g/mol. The van der Waals surface area contributed by atoms with Crippen molar-refractivity contribution in [1.29, 1.82) is 0 Å². The van der Waals surface area contributed by atoms with Gasteiger partial charge in [-0.3, -0.25) is 4.90 Å². The predicted octanol–water partition coefficient (Wildman–Crippen LogP) is 4.03. The molecule has 0 aromatic heterocycles. The summed E-state index contributed by atoms with van der Waals surface area (Å²) in [6.45, 7) is 8.16. The molecule has 1 aliphatic rings. The van der Waals surface area contributed by atoms with Gasteiger partial charge in [0.15, 0.2) is 0 Å². The molecule has 0 saturated heterocycles. The number of fused-ring (bicyclic) bond motifs is 1. The minimum atomic E-state index is -0.502. The van der Waals surface area contributed by atoms with Crippen molar-refractivity contribution in [1.82, 2.24) is 0 Å². The van der Waals surface area contributed by atoms with Crippen LogP contribution in [0, 0.1) is 6.92 Å². The summed E-state index contributed by atoms with van der Waals surface area (Å²) in [6, 6.07) is 3.89. The SMILES string of the molecule is Cc1c(N=C=S)ccc2c1N(C(=O)OC(C)(C)C)CC2. The van der Waals surface area contributed by atoms with Gasteiger partial charge in [0.1, 0.15) is 5.60 Å². The van der Waals surface area contributed by atoms with Crippen molar-refractivity contribution < 1.29 is 9.53 Å². The standard InChI is InChI=1S/C15H18N2O2S/c1-10-12(16-9-20)6-5-11-7-8-17(13(10)11)14(18)19-15(2,3)4/h5-6H,7-8H2,1-4H3. The smallest absolute Gasteiger partial charge is 0.414 e. The van der Waals surface area contributed by atoms with Gasteiger partial charge >= 0.3 is 6.09 Å². The Labute approximate surface area is 124 Å². The number of isothiocyanates is 1. The Morgan fingerprint density at radius 1 is 1.45 bits per heavy atom. The molecule has 0 saturated carbocycles. The maximum Gasteiger partial charge on any atom is 0.414 e. The third kappa shape index (κ3) is 2.89. The number of carbonyl (C=O) groups excluding carboxylic acids is 1. The van der Waals surface area contributed by atoms with Gasteiger partial charge in [-0.1, -0.05) is 6.07 Å². The summed E-state index contributed by atoms with van der Waals surface area (Å²) in [5.41, 5.74) is 3.21. The predicted molar refractivity (Wildman–Crippen MR) is 83.1 cm³/mol. The van der Waals surface area contributed by atoms with E-state index in [2.05, 4.69) is 22.4 Å². The minimum Gasteiger partial charge on any atom is -0.443 e. The number of thiocarbonyl (C=S) groups is 1. The van der Waals surface area contributed by atoms with E-state index in [1.54, 1.807) is 4.90 Å². The van der Waals surface area contributed by atoms with Gasteiger partial charge < -0.3 is 4.74 Å². The highest BCUT2D eigenvalue weighted by molar-refractivity contribution is 7.78. The lowest BCUT2D eigenvalue weighted by molar-refractivity contribution is 0.0584. The Hall–Kier alpha value is -1.71. The molecule has 4 nitrogen and oxygen atoms in total. The average Bonchev–Trinajstić information content (AvgIpc) is 2.75. The first-order chi connectivity index (χ1) is 9.33. The van der Waals surface area contributed by atoms with Crippen LogP contribution in [0.1, 0.15) is 31.9 Å². The molecule has 0 atom stereocenters. The number of carbonyl (C=O) groups is 1. The number of hydrogen-bond donors (Lipinski definition) is 0. The first kappa shape index (κ1) is 14.7. The van der Waals surface area contributed by atoms with E-state index in [-0.39, 0.29) is 6.09 Å². The molecular formula is C15H18N2O2S. The van der Waals surface area contributed by atoms with E-state index in [9.17, 15) is 4.79 Å². The average molecular weight is 290 g/mol. The fourth-order valence-electron chi connectivity index (χ4n) is 2.34. The van der Waals surface area contributed by atoms with Crippen molar-refractivity contribution in [3.63, 3.8) is 0 Å². The first-order valence-electron chi connectivity index (χ1n) is 6.54. The van der Waals surface area contributed by atoms with Crippen LogP contribution < -0.4 is 4.90 Å². The lowest BCUT2D eigenvalue weighted by Gasteiger charge is -2.25. The zero-order valence-electron chi connectivity index (χ0n) is 12.2. The molecule has 5 heteroatoms. The van der Waals surface area contributed by atoms with Crippen LogP contribution >= 0.6 is 12.2 Å². The fourth-order valence-corrected chi connectivity index (χ4v) is 2.44. The Kier molecular flexibility index (Phi) is 3.93. The summed E-state index contributed by atoms with van der Waals surface area (Å²) in [5.74, 6) is 0. The van der Waals surface area contributed by atoms with Crippen molar-refractivity contribution in [2.45, 2.75) is 39.7 Å². The van der Waals surface area contributed by atoms with Gasteiger partial charge in [-0.15, -0.1) is 0 Å². The number of rotatable bonds is 1. The molecular weight excluding hydrogens is 272 g/mol. The lowest BCUT2D eigenvalue weighted by Crippen LogP contribution is -2.36. The van der Waals surface area contributed by atoms with E-state index in [1.165, 1.54) is 0 Å². The van der Waals surface area contributed by atoms with Crippen molar-refractivity contribution in [3.8, 4) is 0 Å². The second-order valence-corrected chi connectivity index (χ2v) is 5.99. The maximum atomic E-state index is 12.3. The van der Waals surface area contributed by atoms with Gasteiger partial charge in [-0.05, 0) is 63.5 Å². The molecule has 1 heterocycles. The van der Waals surface area contributed by atoms with Gasteiger partial charge in [0.25, 0.3) is 0 Å². The van der Waals surface area contributed by atoms with Gasteiger partial charge in [-0.2, -0.15) is 4.99 Å². The lowest BCUT2D eigenvalue weighted by atomic mass is 10.1. The van der Waals surface area contributed by atoms with E-state index in [0.29, 0.717) is 6.54 Å². The molecule has 1 amide bonds. The first-order valence-corrected chi connectivity index (χ1v) is 6.95. The van der Waals surface area contributed by atoms with Crippen LogP contribution in [0.15, 0.2) is 17.1 Å².